The SMILES string of the molecule is Cc1ccc(-c2nc3[nH]c(=O)cc(NC(=O)c4ccccc4Cl)n3n2)cc1. The van der Waals surface area contributed by atoms with Gasteiger partial charge in [0.05, 0.1) is 10.6 Å². The molecule has 1 amide bonds. The zero-order valence-corrected chi connectivity index (χ0v) is 15.0. The highest BCUT2D eigenvalue weighted by atomic mass is 35.5. The first kappa shape index (κ1) is 17.0. The molecule has 2 heterocycles. The number of aromatic amines is 1. The van der Waals surface area contributed by atoms with E-state index in [0.29, 0.717) is 16.4 Å². The number of carbonyl (C=O) groups is 1. The minimum atomic E-state index is -0.445. The van der Waals surface area contributed by atoms with E-state index >= 15 is 0 Å². The van der Waals surface area contributed by atoms with Crippen LogP contribution in [-0.2, 0) is 0 Å². The highest BCUT2D eigenvalue weighted by molar-refractivity contribution is 6.34. The number of hydrogen-bond donors (Lipinski definition) is 2. The van der Waals surface area contributed by atoms with Gasteiger partial charge in [0.1, 0.15) is 5.82 Å². The van der Waals surface area contributed by atoms with E-state index in [1.54, 1.807) is 24.3 Å². The Morgan fingerprint density at radius 3 is 2.63 bits per heavy atom. The molecule has 27 heavy (non-hydrogen) atoms. The number of halogens is 1. The summed E-state index contributed by atoms with van der Waals surface area (Å²) in [5.41, 5.74) is 1.81. The van der Waals surface area contributed by atoms with Crippen LogP contribution in [0.1, 0.15) is 15.9 Å². The van der Waals surface area contributed by atoms with Crippen LogP contribution in [-0.4, -0.2) is 25.5 Å². The van der Waals surface area contributed by atoms with Crippen molar-refractivity contribution in [3.63, 3.8) is 0 Å². The minimum Gasteiger partial charge on any atom is -0.306 e. The predicted octanol–water partition coefficient (Wildman–Crippen LogP) is 3.30. The molecule has 7 nitrogen and oxygen atoms in total. The van der Waals surface area contributed by atoms with Crippen molar-refractivity contribution in [1.82, 2.24) is 19.6 Å². The maximum absolute atomic E-state index is 12.5. The van der Waals surface area contributed by atoms with Crippen molar-refractivity contribution in [2.24, 2.45) is 0 Å². The zero-order valence-electron chi connectivity index (χ0n) is 14.2. The number of H-pyrrole nitrogens is 1. The minimum absolute atomic E-state index is 0.199. The van der Waals surface area contributed by atoms with E-state index in [1.165, 1.54) is 10.6 Å². The molecular formula is C19H14ClN5O2. The molecule has 0 spiro atoms. The van der Waals surface area contributed by atoms with Crippen molar-refractivity contribution in [1.29, 1.82) is 0 Å². The van der Waals surface area contributed by atoms with E-state index in [2.05, 4.69) is 20.4 Å². The van der Waals surface area contributed by atoms with Gasteiger partial charge in [-0.3, -0.25) is 14.6 Å². The van der Waals surface area contributed by atoms with Crippen LogP contribution in [0, 0.1) is 6.92 Å². The molecule has 0 fully saturated rings. The first-order valence-electron chi connectivity index (χ1n) is 8.14. The molecule has 0 atom stereocenters. The van der Waals surface area contributed by atoms with E-state index in [0.717, 1.165) is 11.1 Å². The second-order valence-electron chi connectivity index (χ2n) is 5.99. The van der Waals surface area contributed by atoms with Gasteiger partial charge in [-0.05, 0) is 19.1 Å². The molecule has 4 aromatic rings. The fourth-order valence-electron chi connectivity index (χ4n) is 2.64. The predicted molar refractivity (Wildman–Crippen MR) is 103 cm³/mol. The van der Waals surface area contributed by atoms with Crippen LogP contribution in [0.3, 0.4) is 0 Å². The van der Waals surface area contributed by atoms with Crippen LogP contribution in [0.5, 0.6) is 0 Å². The van der Waals surface area contributed by atoms with Crippen molar-refractivity contribution in [3.8, 4) is 11.4 Å². The molecule has 0 aliphatic heterocycles. The van der Waals surface area contributed by atoms with Crippen LogP contribution in [0.2, 0.25) is 5.02 Å². The lowest BCUT2D eigenvalue weighted by Gasteiger charge is -2.07. The van der Waals surface area contributed by atoms with Crippen LogP contribution in [0.4, 0.5) is 5.82 Å². The second kappa shape index (κ2) is 6.69. The molecule has 4 rings (SSSR count). The Morgan fingerprint density at radius 1 is 1.15 bits per heavy atom. The number of aromatic nitrogens is 4. The number of hydrogen-bond acceptors (Lipinski definition) is 4. The number of anilines is 1. The molecule has 134 valence electrons. The van der Waals surface area contributed by atoms with Gasteiger partial charge in [0.25, 0.3) is 11.5 Å². The summed E-state index contributed by atoms with van der Waals surface area (Å²) in [7, 11) is 0. The highest BCUT2D eigenvalue weighted by Gasteiger charge is 2.15. The van der Waals surface area contributed by atoms with E-state index in [9.17, 15) is 9.59 Å². The van der Waals surface area contributed by atoms with Gasteiger partial charge in [0, 0.05) is 11.6 Å². The third-order valence-electron chi connectivity index (χ3n) is 4.01. The summed E-state index contributed by atoms with van der Waals surface area (Å²) >= 11 is 6.07. The maximum Gasteiger partial charge on any atom is 0.258 e. The Kier molecular flexibility index (Phi) is 4.21. The van der Waals surface area contributed by atoms with Gasteiger partial charge in [-0.2, -0.15) is 9.50 Å². The average molecular weight is 380 g/mol. The molecule has 0 unspecified atom stereocenters. The third-order valence-corrected chi connectivity index (χ3v) is 4.34. The fourth-order valence-corrected chi connectivity index (χ4v) is 2.86. The van der Waals surface area contributed by atoms with Crippen LogP contribution in [0.25, 0.3) is 17.2 Å². The third kappa shape index (κ3) is 3.32. The second-order valence-corrected chi connectivity index (χ2v) is 6.40. The average Bonchev–Trinajstić information content (AvgIpc) is 3.06. The van der Waals surface area contributed by atoms with Gasteiger partial charge < -0.3 is 5.32 Å². The molecule has 8 heteroatoms. The largest absolute Gasteiger partial charge is 0.306 e. The Hall–Kier alpha value is -3.45. The van der Waals surface area contributed by atoms with Crippen LogP contribution >= 0.6 is 11.6 Å². The molecular weight excluding hydrogens is 366 g/mol. The molecule has 0 radical (unpaired) electrons. The first-order valence-corrected chi connectivity index (χ1v) is 8.52. The summed E-state index contributed by atoms with van der Waals surface area (Å²) in [6, 6.07) is 15.6. The van der Waals surface area contributed by atoms with E-state index in [-0.39, 0.29) is 11.6 Å². The zero-order chi connectivity index (χ0) is 19.0. The van der Waals surface area contributed by atoms with Gasteiger partial charge in [-0.15, -0.1) is 5.10 Å². The van der Waals surface area contributed by atoms with E-state index in [4.69, 9.17) is 11.6 Å². The van der Waals surface area contributed by atoms with Gasteiger partial charge in [-0.25, -0.2) is 0 Å². The lowest BCUT2D eigenvalue weighted by molar-refractivity contribution is 0.102. The summed E-state index contributed by atoms with van der Waals surface area (Å²) in [5.74, 6) is 0.419. The van der Waals surface area contributed by atoms with Crippen LogP contribution in [0.15, 0.2) is 59.4 Å². The molecule has 2 N–H and O–H groups in total. The summed E-state index contributed by atoms with van der Waals surface area (Å²) in [6.07, 6.45) is 0. The van der Waals surface area contributed by atoms with Crippen LogP contribution < -0.4 is 10.9 Å². The van der Waals surface area contributed by atoms with Gasteiger partial charge in [0.2, 0.25) is 5.78 Å². The monoisotopic (exact) mass is 379 g/mol. The standard InChI is InChI=1S/C19H14ClN5O2/c1-11-6-8-12(9-7-11)17-23-19-22-16(26)10-15(25(19)24-17)21-18(27)13-4-2-3-5-14(13)20/h2-10H,1H3,(H,21,27)(H,22,23,24,26). The molecule has 0 aliphatic carbocycles. The summed E-state index contributed by atoms with van der Waals surface area (Å²) in [4.78, 5) is 31.5. The van der Waals surface area contributed by atoms with Gasteiger partial charge in [0.15, 0.2) is 5.82 Å². The Bertz CT molecular complexity index is 1210. The van der Waals surface area contributed by atoms with Crippen molar-refractivity contribution in [2.45, 2.75) is 6.92 Å². The number of nitrogens with one attached hydrogen (secondary N) is 2. The molecule has 0 aliphatic rings. The number of benzene rings is 2. The van der Waals surface area contributed by atoms with Gasteiger partial charge in [-0.1, -0.05) is 53.6 Å². The summed E-state index contributed by atoms with van der Waals surface area (Å²) in [6.45, 7) is 1.99. The maximum atomic E-state index is 12.5. The fraction of sp³-hybridized carbons (Fsp3) is 0.0526. The number of carbonyl (C=O) groups excluding carboxylic acids is 1. The number of aryl methyl sites for hydroxylation is 1. The molecule has 2 aromatic carbocycles. The molecule has 0 saturated heterocycles. The van der Waals surface area contributed by atoms with Crippen molar-refractivity contribution in [2.75, 3.05) is 5.32 Å². The Balaban J connectivity index is 1.76. The first-order chi connectivity index (χ1) is 13.0. The normalized spacial score (nSPS) is 10.9. The smallest absolute Gasteiger partial charge is 0.258 e. The molecule has 0 bridgehead atoms. The Labute approximate surface area is 158 Å². The number of nitrogens with zero attached hydrogens (tertiary/aromatic N) is 3. The van der Waals surface area contributed by atoms with E-state index in [1.807, 2.05) is 31.2 Å². The number of amides is 1. The Morgan fingerprint density at radius 2 is 1.89 bits per heavy atom. The molecule has 2 aromatic heterocycles. The topological polar surface area (TPSA) is 92.1 Å². The lowest BCUT2D eigenvalue weighted by Crippen LogP contribution is -2.19. The summed E-state index contributed by atoms with van der Waals surface area (Å²) in [5, 5.41) is 7.40. The van der Waals surface area contributed by atoms with Crippen molar-refractivity contribution >= 4 is 29.1 Å². The van der Waals surface area contributed by atoms with E-state index < -0.39 is 11.5 Å². The number of rotatable bonds is 3. The van der Waals surface area contributed by atoms with Crippen molar-refractivity contribution in [3.05, 3.63) is 81.1 Å². The number of fused-ring (bicyclic) bond motifs is 1. The summed E-state index contributed by atoms with van der Waals surface area (Å²) < 4.78 is 1.38. The quantitative estimate of drug-likeness (QED) is 0.571. The lowest BCUT2D eigenvalue weighted by atomic mass is 10.1. The highest BCUT2D eigenvalue weighted by Crippen LogP contribution is 2.19. The van der Waals surface area contributed by atoms with Gasteiger partial charge >= 0.3 is 0 Å². The molecule has 0 saturated carbocycles. The van der Waals surface area contributed by atoms with Crippen molar-refractivity contribution < 1.29 is 4.79 Å².